The van der Waals surface area contributed by atoms with Gasteiger partial charge in [0.15, 0.2) is 5.78 Å². The van der Waals surface area contributed by atoms with Crippen LogP contribution in [-0.4, -0.2) is 11.6 Å². The maximum absolute atomic E-state index is 12.4. The molecule has 1 atom stereocenters. The fraction of sp³-hybridized carbons (Fsp3) is 0.857. The minimum absolute atomic E-state index is 0.0355. The van der Waals surface area contributed by atoms with Crippen molar-refractivity contribution in [3.63, 3.8) is 0 Å². The monoisotopic (exact) mass is 226 g/mol. The second-order valence-electron chi connectivity index (χ2n) is 5.87. The van der Waals surface area contributed by atoms with Crippen LogP contribution in [0.15, 0.2) is 0 Å². The van der Waals surface area contributed by atoms with Gasteiger partial charge < -0.3 is 0 Å². The van der Waals surface area contributed by atoms with Gasteiger partial charge in [-0.25, -0.2) is 0 Å². The van der Waals surface area contributed by atoms with Crippen LogP contribution in [0.1, 0.15) is 61.3 Å². The van der Waals surface area contributed by atoms with Crippen molar-refractivity contribution in [2.75, 3.05) is 0 Å². The summed E-state index contributed by atoms with van der Waals surface area (Å²) in [5, 5.41) is 0. The Kier molecular flexibility index (Phi) is 4.90. The quantitative estimate of drug-likeness (QED) is 0.648. The molecule has 1 unspecified atom stereocenters. The molecule has 94 valence electrons. The SMILES string of the molecule is CCC(C)C(=O)C(C)(C)C(=O)C(C)(C)CC. The van der Waals surface area contributed by atoms with E-state index in [1.165, 1.54) is 0 Å². The molecule has 0 aliphatic carbocycles. The third kappa shape index (κ3) is 2.93. The number of Topliss-reactive ketones (excluding diaryl/α,β-unsaturated/α-hetero) is 2. The molecule has 0 aliphatic heterocycles. The highest BCUT2D eigenvalue weighted by Crippen LogP contribution is 2.34. The normalized spacial score (nSPS) is 14.7. The summed E-state index contributed by atoms with van der Waals surface area (Å²) in [4.78, 5) is 24.5. The molecule has 0 radical (unpaired) electrons. The average Bonchev–Trinajstić information content (AvgIpc) is 2.25. The molecule has 0 aliphatic rings. The van der Waals surface area contributed by atoms with E-state index < -0.39 is 10.8 Å². The largest absolute Gasteiger partial charge is 0.298 e. The number of carbonyl (C=O) groups is 2. The van der Waals surface area contributed by atoms with Crippen LogP contribution in [0.4, 0.5) is 0 Å². The molecule has 0 aromatic heterocycles. The Bertz CT molecular complexity index is 274. The van der Waals surface area contributed by atoms with Gasteiger partial charge in [0.25, 0.3) is 0 Å². The maximum atomic E-state index is 12.4. The lowest BCUT2D eigenvalue weighted by molar-refractivity contribution is -0.146. The van der Waals surface area contributed by atoms with Crippen LogP contribution in [-0.2, 0) is 9.59 Å². The minimum atomic E-state index is -0.852. The Hall–Kier alpha value is -0.660. The van der Waals surface area contributed by atoms with Gasteiger partial charge in [-0.2, -0.15) is 0 Å². The van der Waals surface area contributed by atoms with Crippen molar-refractivity contribution in [2.24, 2.45) is 16.7 Å². The van der Waals surface area contributed by atoms with Gasteiger partial charge in [0.05, 0.1) is 5.41 Å². The topological polar surface area (TPSA) is 34.1 Å². The van der Waals surface area contributed by atoms with Crippen LogP contribution in [0.25, 0.3) is 0 Å². The zero-order chi connectivity index (χ0) is 13.1. The predicted molar refractivity (Wildman–Crippen MR) is 67.3 cm³/mol. The molecule has 0 rings (SSSR count). The number of carbonyl (C=O) groups excluding carboxylic acids is 2. The minimum Gasteiger partial charge on any atom is -0.298 e. The summed E-state index contributed by atoms with van der Waals surface area (Å²) >= 11 is 0. The second kappa shape index (κ2) is 5.11. The number of ketones is 2. The molecule has 0 fully saturated rings. The van der Waals surface area contributed by atoms with E-state index >= 15 is 0 Å². The molecule has 0 N–H and O–H groups in total. The molecule has 0 saturated heterocycles. The predicted octanol–water partition coefficient (Wildman–Crippen LogP) is 3.63. The van der Waals surface area contributed by atoms with Gasteiger partial charge in [-0.05, 0) is 26.7 Å². The Labute approximate surface area is 99.8 Å². The summed E-state index contributed by atoms with van der Waals surface area (Å²) in [6, 6.07) is 0. The highest BCUT2D eigenvalue weighted by molar-refractivity contribution is 6.08. The molecule has 16 heavy (non-hydrogen) atoms. The maximum Gasteiger partial charge on any atom is 0.151 e. The Balaban J connectivity index is 5.07. The lowest BCUT2D eigenvalue weighted by Gasteiger charge is -2.33. The van der Waals surface area contributed by atoms with Crippen LogP contribution in [0.2, 0.25) is 0 Å². The van der Waals surface area contributed by atoms with Gasteiger partial charge in [0, 0.05) is 11.3 Å². The zero-order valence-corrected chi connectivity index (χ0v) is 11.8. The Morgan fingerprint density at radius 2 is 1.50 bits per heavy atom. The summed E-state index contributed by atoms with van der Waals surface area (Å²) in [5.74, 6) is 0.0981. The smallest absolute Gasteiger partial charge is 0.151 e. The van der Waals surface area contributed by atoms with Crippen LogP contribution < -0.4 is 0 Å². The van der Waals surface area contributed by atoms with E-state index in [-0.39, 0.29) is 17.5 Å². The highest BCUT2D eigenvalue weighted by atomic mass is 16.2. The van der Waals surface area contributed by atoms with Crippen molar-refractivity contribution in [2.45, 2.75) is 61.3 Å². The van der Waals surface area contributed by atoms with Gasteiger partial charge in [0.1, 0.15) is 5.78 Å². The van der Waals surface area contributed by atoms with E-state index in [0.29, 0.717) is 0 Å². The standard InChI is InChI=1S/C14H26O2/c1-8-10(3)11(15)14(6,7)12(16)13(4,5)9-2/h10H,8-9H2,1-7H3. The third-order valence-electron chi connectivity index (χ3n) is 3.74. The molecule has 0 bridgehead atoms. The van der Waals surface area contributed by atoms with E-state index in [0.717, 1.165) is 12.8 Å². The van der Waals surface area contributed by atoms with Crippen LogP contribution >= 0.6 is 0 Å². The van der Waals surface area contributed by atoms with Gasteiger partial charge in [-0.1, -0.05) is 34.6 Å². The zero-order valence-electron chi connectivity index (χ0n) is 11.8. The van der Waals surface area contributed by atoms with Crippen molar-refractivity contribution in [3.05, 3.63) is 0 Å². The van der Waals surface area contributed by atoms with Gasteiger partial charge in [-0.15, -0.1) is 0 Å². The van der Waals surface area contributed by atoms with E-state index in [9.17, 15) is 9.59 Å². The van der Waals surface area contributed by atoms with Crippen molar-refractivity contribution in [1.29, 1.82) is 0 Å². The molecule has 0 aromatic carbocycles. The lowest BCUT2D eigenvalue weighted by Crippen LogP contribution is -2.44. The van der Waals surface area contributed by atoms with Crippen molar-refractivity contribution in [3.8, 4) is 0 Å². The first-order chi connectivity index (χ1) is 7.11. The Morgan fingerprint density at radius 1 is 1.06 bits per heavy atom. The molecule has 2 nitrogen and oxygen atoms in total. The summed E-state index contributed by atoms with van der Waals surface area (Å²) in [6.45, 7) is 13.2. The van der Waals surface area contributed by atoms with Crippen LogP contribution in [0.5, 0.6) is 0 Å². The van der Waals surface area contributed by atoms with Crippen molar-refractivity contribution >= 4 is 11.6 Å². The van der Waals surface area contributed by atoms with E-state index in [1.54, 1.807) is 13.8 Å². The first kappa shape index (κ1) is 15.3. The molecule has 0 heterocycles. The van der Waals surface area contributed by atoms with E-state index in [2.05, 4.69) is 0 Å². The van der Waals surface area contributed by atoms with Crippen LogP contribution in [0.3, 0.4) is 0 Å². The molecular formula is C14H26O2. The number of hydrogen-bond acceptors (Lipinski definition) is 2. The molecule has 0 amide bonds. The van der Waals surface area contributed by atoms with Crippen LogP contribution in [0, 0.1) is 16.7 Å². The molecule has 0 aromatic rings. The molecular weight excluding hydrogens is 200 g/mol. The number of rotatable bonds is 6. The van der Waals surface area contributed by atoms with Crippen molar-refractivity contribution < 1.29 is 9.59 Å². The average molecular weight is 226 g/mol. The fourth-order valence-electron chi connectivity index (χ4n) is 1.92. The first-order valence-corrected chi connectivity index (χ1v) is 6.20. The highest BCUT2D eigenvalue weighted by Gasteiger charge is 2.43. The third-order valence-corrected chi connectivity index (χ3v) is 3.74. The van der Waals surface area contributed by atoms with Crippen molar-refractivity contribution in [1.82, 2.24) is 0 Å². The second-order valence-corrected chi connectivity index (χ2v) is 5.87. The van der Waals surface area contributed by atoms with E-state index in [1.807, 2.05) is 34.6 Å². The molecule has 0 saturated carbocycles. The lowest BCUT2D eigenvalue weighted by atomic mass is 9.68. The fourth-order valence-corrected chi connectivity index (χ4v) is 1.92. The summed E-state index contributed by atoms with van der Waals surface area (Å²) in [5.41, 5.74) is -1.26. The van der Waals surface area contributed by atoms with Gasteiger partial charge in [0.2, 0.25) is 0 Å². The van der Waals surface area contributed by atoms with Gasteiger partial charge in [-0.3, -0.25) is 9.59 Å². The van der Waals surface area contributed by atoms with Gasteiger partial charge >= 0.3 is 0 Å². The first-order valence-electron chi connectivity index (χ1n) is 6.20. The summed E-state index contributed by atoms with van der Waals surface area (Å²) in [7, 11) is 0. The summed E-state index contributed by atoms with van der Waals surface area (Å²) in [6.07, 6.45) is 1.56. The molecule has 0 spiro atoms. The van der Waals surface area contributed by atoms with E-state index in [4.69, 9.17) is 0 Å². The number of hydrogen-bond donors (Lipinski definition) is 0. The Morgan fingerprint density at radius 3 is 1.81 bits per heavy atom. The molecule has 2 heteroatoms. The summed E-state index contributed by atoms with van der Waals surface area (Å²) < 4.78 is 0.